The molecule has 23 heavy (non-hydrogen) atoms. The molecule has 0 bridgehead atoms. The highest BCUT2D eigenvalue weighted by molar-refractivity contribution is 6.42. The molecule has 0 saturated heterocycles. The fraction of sp³-hybridized carbons (Fsp3) is 0.143. The summed E-state index contributed by atoms with van der Waals surface area (Å²) >= 11 is 17.5. The van der Waals surface area contributed by atoms with Crippen LogP contribution in [-0.2, 0) is 12.6 Å². The molecule has 0 unspecified atom stereocenters. The third kappa shape index (κ3) is 4.28. The lowest BCUT2D eigenvalue weighted by Gasteiger charge is -2.10. The standard InChI is InChI=1S/C14H8Cl3F3N2O/c15-9-2-1-7(3-10(9)16)12(22-23)5-13-11(17)4-8(6-21-13)14(18,19)20/h1-4,6,23H,5H2. The minimum Gasteiger partial charge on any atom is -0.411 e. The number of benzene rings is 1. The zero-order valence-electron chi connectivity index (χ0n) is 11.2. The highest BCUT2D eigenvalue weighted by atomic mass is 35.5. The average molecular weight is 384 g/mol. The molecule has 2 rings (SSSR count). The molecule has 0 radical (unpaired) electrons. The van der Waals surface area contributed by atoms with Crippen LogP contribution in [0.2, 0.25) is 15.1 Å². The zero-order chi connectivity index (χ0) is 17.2. The van der Waals surface area contributed by atoms with Crippen LogP contribution in [0.15, 0.2) is 35.6 Å². The summed E-state index contributed by atoms with van der Waals surface area (Å²) in [6.07, 6.45) is -3.94. The van der Waals surface area contributed by atoms with Gasteiger partial charge in [0.05, 0.1) is 32.0 Å². The van der Waals surface area contributed by atoms with Crippen LogP contribution in [0, 0.1) is 0 Å². The number of alkyl halides is 3. The summed E-state index contributed by atoms with van der Waals surface area (Å²) < 4.78 is 37.8. The summed E-state index contributed by atoms with van der Waals surface area (Å²) in [5.41, 5.74) is -0.237. The molecule has 0 amide bonds. The van der Waals surface area contributed by atoms with Crippen LogP contribution in [0.3, 0.4) is 0 Å². The van der Waals surface area contributed by atoms with Gasteiger partial charge in [-0.05, 0) is 18.2 Å². The van der Waals surface area contributed by atoms with Gasteiger partial charge in [-0.2, -0.15) is 13.2 Å². The Kier molecular flexibility index (Phi) is 5.39. The number of rotatable bonds is 3. The first-order valence-electron chi connectivity index (χ1n) is 6.10. The summed E-state index contributed by atoms with van der Waals surface area (Å²) in [6.45, 7) is 0. The smallest absolute Gasteiger partial charge is 0.411 e. The van der Waals surface area contributed by atoms with Gasteiger partial charge >= 0.3 is 6.18 Å². The van der Waals surface area contributed by atoms with Crippen molar-refractivity contribution in [3.8, 4) is 0 Å². The number of halogens is 6. The van der Waals surface area contributed by atoms with E-state index < -0.39 is 11.7 Å². The van der Waals surface area contributed by atoms with Crippen molar-refractivity contribution in [3.05, 3.63) is 62.4 Å². The molecular formula is C14H8Cl3F3N2O. The maximum absolute atomic E-state index is 12.6. The van der Waals surface area contributed by atoms with E-state index in [1.807, 2.05) is 0 Å². The fourth-order valence-corrected chi connectivity index (χ4v) is 2.31. The molecule has 122 valence electrons. The van der Waals surface area contributed by atoms with Crippen LogP contribution >= 0.6 is 34.8 Å². The van der Waals surface area contributed by atoms with Crippen molar-refractivity contribution in [2.24, 2.45) is 5.16 Å². The van der Waals surface area contributed by atoms with Crippen LogP contribution in [0.4, 0.5) is 13.2 Å². The molecule has 1 N–H and O–H groups in total. The Morgan fingerprint density at radius 3 is 2.30 bits per heavy atom. The first kappa shape index (κ1) is 17.8. The summed E-state index contributed by atoms with van der Waals surface area (Å²) in [7, 11) is 0. The molecule has 0 spiro atoms. The highest BCUT2D eigenvalue weighted by Gasteiger charge is 2.31. The van der Waals surface area contributed by atoms with Gasteiger partial charge in [0.1, 0.15) is 0 Å². The third-order valence-electron chi connectivity index (χ3n) is 2.95. The molecular weight excluding hydrogens is 376 g/mol. The van der Waals surface area contributed by atoms with Crippen LogP contribution in [0.1, 0.15) is 16.8 Å². The molecule has 9 heteroatoms. The van der Waals surface area contributed by atoms with E-state index in [1.54, 1.807) is 6.07 Å². The predicted molar refractivity (Wildman–Crippen MR) is 82.7 cm³/mol. The van der Waals surface area contributed by atoms with Gasteiger partial charge in [0.15, 0.2) is 0 Å². The number of pyridine rings is 1. The number of nitrogens with zero attached hydrogens (tertiary/aromatic N) is 2. The molecule has 1 aromatic carbocycles. The molecule has 0 aliphatic heterocycles. The van der Waals surface area contributed by atoms with Crippen LogP contribution < -0.4 is 0 Å². The van der Waals surface area contributed by atoms with Gasteiger partial charge in [-0.15, -0.1) is 0 Å². The largest absolute Gasteiger partial charge is 0.417 e. The average Bonchev–Trinajstić information content (AvgIpc) is 2.48. The van der Waals surface area contributed by atoms with E-state index in [-0.39, 0.29) is 27.9 Å². The van der Waals surface area contributed by atoms with Gasteiger partial charge < -0.3 is 5.21 Å². The molecule has 0 fully saturated rings. The minimum atomic E-state index is -4.53. The summed E-state index contributed by atoms with van der Waals surface area (Å²) in [5, 5.41) is 12.7. The van der Waals surface area contributed by atoms with Gasteiger partial charge in [0.2, 0.25) is 0 Å². The Balaban J connectivity index is 2.31. The molecule has 0 aliphatic rings. The predicted octanol–water partition coefficient (Wildman–Crippen LogP) is 5.48. The quantitative estimate of drug-likeness (QED) is 0.433. The Morgan fingerprint density at radius 1 is 1.09 bits per heavy atom. The van der Waals surface area contributed by atoms with E-state index in [2.05, 4.69) is 10.1 Å². The molecule has 0 aliphatic carbocycles. The van der Waals surface area contributed by atoms with E-state index in [0.717, 1.165) is 6.07 Å². The van der Waals surface area contributed by atoms with Gasteiger partial charge in [-0.25, -0.2) is 0 Å². The molecule has 0 saturated carbocycles. The maximum atomic E-state index is 12.6. The van der Waals surface area contributed by atoms with Crippen molar-refractivity contribution >= 4 is 40.5 Å². The third-order valence-corrected chi connectivity index (χ3v) is 4.02. The van der Waals surface area contributed by atoms with Gasteiger partial charge in [0.25, 0.3) is 0 Å². The second kappa shape index (κ2) is 6.95. The van der Waals surface area contributed by atoms with Crippen LogP contribution in [0.5, 0.6) is 0 Å². The monoisotopic (exact) mass is 382 g/mol. The first-order chi connectivity index (χ1) is 10.7. The Morgan fingerprint density at radius 2 is 1.78 bits per heavy atom. The van der Waals surface area contributed by atoms with Crippen LogP contribution in [-0.4, -0.2) is 15.9 Å². The number of hydrogen-bond acceptors (Lipinski definition) is 3. The van der Waals surface area contributed by atoms with E-state index in [0.29, 0.717) is 16.8 Å². The lowest BCUT2D eigenvalue weighted by Crippen LogP contribution is -2.10. The fourth-order valence-electron chi connectivity index (χ4n) is 1.78. The topological polar surface area (TPSA) is 45.5 Å². The van der Waals surface area contributed by atoms with Crippen molar-refractivity contribution in [2.75, 3.05) is 0 Å². The van der Waals surface area contributed by atoms with Gasteiger partial charge in [0, 0.05) is 18.2 Å². The Bertz CT molecular complexity index is 763. The maximum Gasteiger partial charge on any atom is 0.417 e. The second-order valence-corrected chi connectivity index (χ2v) is 5.72. The van der Waals surface area contributed by atoms with Crippen LogP contribution in [0.25, 0.3) is 0 Å². The lowest BCUT2D eigenvalue weighted by molar-refractivity contribution is -0.137. The van der Waals surface area contributed by atoms with E-state index in [4.69, 9.17) is 40.0 Å². The lowest BCUT2D eigenvalue weighted by atomic mass is 10.0. The van der Waals surface area contributed by atoms with E-state index in [9.17, 15) is 13.2 Å². The molecule has 0 atom stereocenters. The van der Waals surface area contributed by atoms with Crippen molar-refractivity contribution in [1.29, 1.82) is 0 Å². The van der Waals surface area contributed by atoms with Gasteiger partial charge in [-0.3, -0.25) is 4.98 Å². The molecule has 1 aromatic heterocycles. The minimum absolute atomic E-state index is 0.0779. The normalized spacial score (nSPS) is 12.5. The molecule has 1 heterocycles. The van der Waals surface area contributed by atoms with Crippen molar-refractivity contribution in [1.82, 2.24) is 4.98 Å². The molecule has 3 nitrogen and oxygen atoms in total. The number of hydrogen-bond donors (Lipinski definition) is 1. The number of aromatic nitrogens is 1. The number of oxime groups is 1. The molecule has 2 aromatic rings. The van der Waals surface area contributed by atoms with E-state index >= 15 is 0 Å². The summed E-state index contributed by atoms with van der Waals surface area (Å²) in [6, 6.07) is 5.30. The van der Waals surface area contributed by atoms with Crippen molar-refractivity contribution in [2.45, 2.75) is 12.6 Å². The SMILES string of the molecule is ON=C(Cc1ncc(C(F)(F)F)cc1Cl)c1ccc(Cl)c(Cl)c1. The highest BCUT2D eigenvalue weighted by Crippen LogP contribution is 2.31. The van der Waals surface area contributed by atoms with Crippen molar-refractivity contribution in [3.63, 3.8) is 0 Å². The summed E-state index contributed by atoms with van der Waals surface area (Å²) in [5.74, 6) is 0. The van der Waals surface area contributed by atoms with Gasteiger partial charge in [-0.1, -0.05) is 46.0 Å². The second-order valence-electron chi connectivity index (χ2n) is 4.50. The van der Waals surface area contributed by atoms with E-state index in [1.165, 1.54) is 12.1 Å². The zero-order valence-corrected chi connectivity index (χ0v) is 13.5. The Hall–Kier alpha value is -1.50. The Labute approximate surface area is 144 Å². The summed E-state index contributed by atoms with van der Waals surface area (Å²) in [4.78, 5) is 3.69. The first-order valence-corrected chi connectivity index (χ1v) is 7.23. The van der Waals surface area contributed by atoms with Crippen molar-refractivity contribution < 1.29 is 18.4 Å².